The van der Waals surface area contributed by atoms with Crippen LogP contribution in [0.3, 0.4) is 0 Å². The summed E-state index contributed by atoms with van der Waals surface area (Å²) < 4.78 is 29.7. The van der Waals surface area contributed by atoms with E-state index in [2.05, 4.69) is 113 Å². The summed E-state index contributed by atoms with van der Waals surface area (Å²) in [6.45, 7) is 20.3. The van der Waals surface area contributed by atoms with Crippen molar-refractivity contribution in [3.63, 3.8) is 0 Å². The van der Waals surface area contributed by atoms with Crippen molar-refractivity contribution in [3.05, 3.63) is 58.7 Å². The van der Waals surface area contributed by atoms with Crippen LogP contribution in [0.1, 0.15) is 108 Å². The molecule has 8 heteroatoms. The van der Waals surface area contributed by atoms with E-state index < -0.39 is 8.26 Å². The van der Waals surface area contributed by atoms with Crippen LogP contribution in [0.15, 0.2) is 36.4 Å². The Morgan fingerprint density at radius 2 is 0.914 bits per heavy atom. The zero-order chi connectivity index (χ0) is 27.3. The van der Waals surface area contributed by atoms with Crippen molar-refractivity contribution in [1.82, 2.24) is 0 Å². The molecule has 0 unspecified atom stereocenters. The molecule has 200 valence electrons. The number of hydrogen-bond acceptors (Lipinski definition) is 4. The van der Waals surface area contributed by atoms with Gasteiger partial charge in [-0.25, -0.2) is 0 Å². The third-order valence-corrected chi connectivity index (χ3v) is 5.24. The van der Waals surface area contributed by atoms with Gasteiger partial charge < -0.3 is 9.47 Å². The molecule has 2 aromatic rings. The topological polar surface area (TPSA) is 52.6 Å². The van der Waals surface area contributed by atoms with Gasteiger partial charge in [0, 0.05) is 21.4 Å². The lowest BCUT2D eigenvalue weighted by Gasteiger charge is -2.19. The van der Waals surface area contributed by atoms with Gasteiger partial charge in [0.25, 0.3) is 0 Å². The van der Waals surface area contributed by atoms with Gasteiger partial charge in [0.15, 0.2) is 6.07 Å². The molecule has 0 N–H and O–H groups in total. The first-order chi connectivity index (χ1) is 16.1. The zero-order valence-electron chi connectivity index (χ0n) is 22.4. The second-order valence-corrected chi connectivity index (χ2v) is 13.1. The van der Waals surface area contributed by atoms with Gasteiger partial charge in [0.1, 0.15) is 11.5 Å². The van der Waals surface area contributed by atoms with E-state index in [1.54, 1.807) is 0 Å². The fourth-order valence-electron chi connectivity index (χ4n) is 3.50. The average Bonchev–Trinajstić information content (AvgIpc) is 2.73. The Labute approximate surface area is 227 Å². The standard InChI is InChI=1S/C14H22O.C13H19ClO.Cl2O2S/c1-6-15-14-12(10(2)3)8-7-9-13(14)11(4)5;1-9(2)11-6-5-7-12(10(3)4)13(11)15-8-14;1-5(2,3)4/h7-11H,6H2,1-5H3;5-7,9-10H,8H2,1-4H3;. The minimum atomic E-state index is -3.72. The molecule has 0 atom stereocenters. The highest BCUT2D eigenvalue weighted by atomic mass is 36.0. The second-order valence-electron chi connectivity index (χ2n) is 9.21. The Hall–Kier alpha value is -1.14. The predicted molar refractivity (Wildman–Crippen MR) is 152 cm³/mol. The number of ether oxygens (including phenoxy) is 2. The third-order valence-electron chi connectivity index (χ3n) is 5.13. The van der Waals surface area contributed by atoms with Crippen LogP contribution in [0, 0.1) is 0 Å². The number of benzene rings is 2. The van der Waals surface area contributed by atoms with Crippen molar-refractivity contribution in [2.75, 3.05) is 12.7 Å². The van der Waals surface area contributed by atoms with Crippen LogP contribution in [0.4, 0.5) is 0 Å². The molecule has 0 amide bonds. The molecular weight excluding hydrogens is 527 g/mol. The molecule has 0 fully saturated rings. The molecule has 0 heterocycles. The summed E-state index contributed by atoms with van der Waals surface area (Å²) in [5.74, 6) is 4.03. The smallest absolute Gasteiger partial charge is 0.317 e. The molecule has 0 bridgehead atoms. The SMILES string of the molecule is CC(C)c1cccc(C(C)C)c1OCCl.CCOc1c(C(C)C)cccc1C(C)C.O=S(=O)(Cl)Cl. The van der Waals surface area contributed by atoms with Gasteiger partial charge in [0.2, 0.25) is 0 Å². The summed E-state index contributed by atoms with van der Waals surface area (Å²) in [6.07, 6.45) is 0. The molecule has 4 nitrogen and oxygen atoms in total. The molecule has 0 aliphatic carbocycles. The Kier molecular flexibility index (Phi) is 16.0. The summed E-state index contributed by atoms with van der Waals surface area (Å²) in [4.78, 5) is 0. The number of alkyl halides is 1. The van der Waals surface area contributed by atoms with Gasteiger partial charge >= 0.3 is 8.26 Å². The number of rotatable bonds is 8. The lowest BCUT2D eigenvalue weighted by atomic mass is 9.94. The van der Waals surface area contributed by atoms with Crippen LogP contribution < -0.4 is 9.47 Å². The normalized spacial score (nSPS) is 11.2. The summed E-state index contributed by atoms with van der Waals surface area (Å²) in [6, 6.07) is 13.0. The lowest BCUT2D eigenvalue weighted by molar-refractivity contribution is 0.330. The fraction of sp³-hybridized carbons (Fsp3) is 0.556. The molecule has 2 aromatic carbocycles. The molecular formula is C27H41Cl3O4S. The minimum absolute atomic E-state index is 0.212. The van der Waals surface area contributed by atoms with Crippen LogP contribution >= 0.6 is 33.0 Å². The summed E-state index contributed by atoms with van der Waals surface area (Å²) in [5.41, 5.74) is 5.12. The first kappa shape index (κ1) is 33.9. The van der Waals surface area contributed by atoms with E-state index >= 15 is 0 Å². The van der Waals surface area contributed by atoms with E-state index in [0.29, 0.717) is 23.7 Å². The fourth-order valence-corrected chi connectivity index (χ4v) is 3.61. The first-order valence-corrected chi connectivity index (χ1v) is 15.5. The maximum Gasteiger partial charge on any atom is 0.317 e. The third kappa shape index (κ3) is 13.1. The van der Waals surface area contributed by atoms with Crippen LogP contribution in [-0.4, -0.2) is 21.1 Å². The van der Waals surface area contributed by atoms with Gasteiger partial charge in [-0.05, 0) is 52.8 Å². The highest BCUT2D eigenvalue weighted by Crippen LogP contribution is 2.35. The van der Waals surface area contributed by atoms with Crippen molar-refractivity contribution >= 4 is 41.2 Å². The molecule has 2 rings (SSSR count). The van der Waals surface area contributed by atoms with Crippen molar-refractivity contribution in [2.24, 2.45) is 0 Å². The van der Waals surface area contributed by atoms with Crippen molar-refractivity contribution in [1.29, 1.82) is 0 Å². The Morgan fingerprint density at radius 1 is 0.657 bits per heavy atom. The average molecular weight is 568 g/mol. The molecule has 0 aliphatic heterocycles. The van der Waals surface area contributed by atoms with E-state index in [0.717, 1.165) is 18.1 Å². The molecule has 0 aromatic heterocycles. The summed E-state index contributed by atoms with van der Waals surface area (Å²) in [5, 5.41) is 0. The van der Waals surface area contributed by atoms with Crippen molar-refractivity contribution in [3.8, 4) is 11.5 Å². The van der Waals surface area contributed by atoms with E-state index in [1.807, 2.05) is 6.92 Å². The molecule has 0 aliphatic rings. The van der Waals surface area contributed by atoms with Gasteiger partial charge in [-0.15, -0.1) is 0 Å². The van der Waals surface area contributed by atoms with E-state index in [1.165, 1.54) is 22.3 Å². The molecule has 0 spiro atoms. The molecule has 0 radical (unpaired) electrons. The van der Waals surface area contributed by atoms with Crippen LogP contribution in [0.2, 0.25) is 0 Å². The Morgan fingerprint density at radius 3 is 1.11 bits per heavy atom. The molecule has 0 saturated heterocycles. The monoisotopic (exact) mass is 566 g/mol. The van der Waals surface area contributed by atoms with Gasteiger partial charge in [-0.1, -0.05) is 103 Å². The van der Waals surface area contributed by atoms with E-state index in [9.17, 15) is 0 Å². The summed E-state index contributed by atoms with van der Waals surface area (Å²) in [7, 11) is 4.81. The van der Waals surface area contributed by atoms with Gasteiger partial charge in [-0.3, -0.25) is 0 Å². The van der Waals surface area contributed by atoms with Gasteiger partial charge in [0.05, 0.1) is 6.61 Å². The van der Waals surface area contributed by atoms with Crippen LogP contribution in [0.5, 0.6) is 11.5 Å². The minimum Gasteiger partial charge on any atom is -0.493 e. The molecule has 0 saturated carbocycles. The summed E-state index contributed by atoms with van der Waals surface area (Å²) >= 11 is 5.67. The van der Waals surface area contributed by atoms with Crippen LogP contribution in [-0.2, 0) is 8.26 Å². The van der Waals surface area contributed by atoms with Crippen LogP contribution in [0.25, 0.3) is 0 Å². The Balaban J connectivity index is 0.000000555. The Bertz CT molecular complexity index is 862. The first-order valence-electron chi connectivity index (χ1n) is 11.9. The predicted octanol–water partition coefficient (Wildman–Crippen LogP) is 9.55. The number of hydrogen-bond donors (Lipinski definition) is 0. The highest BCUT2D eigenvalue weighted by Gasteiger charge is 2.15. The largest absolute Gasteiger partial charge is 0.493 e. The van der Waals surface area contributed by atoms with Crippen molar-refractivity contribution in [2.45, 2.75) is 86.0 Å². The lowest BCUT2D eigenvalue weighted by Crippen LogP contribution is -2.03. The van der Waals surface area contributed by atoms with Crippen molar-refractivity contribution < 1.29 is 17.9 Å². The second kappa shape index (κ2) is 16.6. The quantitative estimate of drug-likeness (QED) is 0.235. The highest BCUT2D eigenvalue weighted by molar-refractivity contribution is 8.31. The maximum atomic E-state index is 9.16. The zero-order valence-corrected chi connectivity index (χ0v) is 25.4. The molecule has 35 heavy (non-hydrogen) atoms. The number of halogens is 3. The maximum absolute atomic E-state index is 9.16. The number of para-hydroxylation sites is 2. The van der Waals surface area contributed by atoms with E-state index in [4.69, 9.17) is 29.5 Å². The van der Waals surface area contributed by atoms with Gasteiger partial charge in [-0.2, -0.15) is 8.42 Å². The van der Waals surface area contributed by atoms with E-state index in [-0.39, 0.29) is 6.07 Å².